The fraction of sp³-hybridized carbons (Fsp3) is 0.533. The molecular weight excluding hydrogens is 568 g/mol. The number of aliphatic carboxylic acids is 2. The summed E-state index contributed by atoms with van der Waals surface area (Å²) in [7, 11) is 0. The average Bonchev–Trinajstić information content (AvgIpc) is 3.46. The minimum atomic E-state index is -1.00. The summed E-state index contributed by atoms with van der Waals surface area (Å²) in [6.45, 7) is 6.00. The predicted octanol–water partition coefficient (Wildman–Crippen LogP) is 1.76. The molecule has 14 heteroatoms. The van der Waals surface area contributed by atoms with Gasteiger partial charge in [-0.2, -0.15) is 0 Å². The lowest BCUT2D eigenvalue weighted by Crippen LogP contribution is -2.52. The molecule has 4 atom stereocenters. The lowest BCUT2D eigenvalue weighted by atomic mass is 9.87. The molecule has 0 radical (unpaired) electrons. The van der Waals surface area contributed by atoms with Crippen LogP contribution in [0, 0.1) is 5.41 Å². The third kappa shape index (κ3) is 12.1. The Hall–Kier alpha value is -4.30. The van der Waals surface area contributed by atoms with E-state index in [9.17, 15) is 19.5 Å². The van der Waals surface area contributed by atoms with Crippen LogP contribution < -0.4 is 22.1 Å². The van der Waals surface area contributed by atoms with Crippen LogP contribution >= 0.6 is 0 Å². The number of aryl methyl sites for hydroxylation is 2. The first-order valence-electron chi connectivity index (χ1n) is 14.8. The highest BCUT2D eigenvalue weighted by Gasteiger charge is 2.39. The smallest absolute Gasteiger partial charge is 0.331 e. The van der Waals surface area contributed by atoms with E-state index in [1.165, 1.54) is 12.5 Å². The van der Waals surface area contributed by atoms with E-state index in [1.54, 1.807) is 10.8 Å². The third-order valence-electron chi connectivity index (χ3n) is 7.18. The van der Waals surface area contributed by atoms with Crippen LogP contribution in [0.15, 0.2) is 48.2 Å². The van der Waals surface area contributed by atoms with Crippen LogP contribution in [-0.4, -0.2) is 79.8 Å². The SMILES string of the molecule is CCC(CC)OC1CC(C(=O)O)=CC(n2cc(CCc3ccccc3)nn2)C1NC(C)=O.N=C(N)NCCC[C@H](N)C(=O)O. The quantitative estimate of drug-likeness (QED) is 0.0867. The van der Waals surface area contributed by atoms with Crippen molar-refractivity contribution in [3.63, 3.8) is 0 Å². The number of benzene rings is 1. The number of carbonyl (C=O) groups is 3. The first-order valence-corrected chi connectivity index (χ1v) is 14.8. The number of amides is 1. The summed E-state index contributed by atoms with van der Waals surface area (Å²) in [5, 5.41) is 39.0. The van der Waals surface area contributed by atoms with Crippen molar-refractivity contribution in [3.8, 4) is 0 Å². The highest BCUT2D eigenvalue weighted by Crippen LogP contribution is 2.31. The van der Waals surface area contributed by atoms with E-state index in [0.29, 0.717) is 25.8 Å². The molecule has 1 aliphatic carbocycles. The van der Waals surface area contributed by atoms with Gasteiger partial charge in [-0.15, -0.1) is 5.10 Å². The van der Waals surface area contributed by atoms with Gasteiger partial charge >= 0.3 is 11.9 Å². The highest BCUT2D eigenvalue weighted by atomic mass is 16.5. The normalized spacial score (nSPS) is 18.4. The molecule has 1 amide bonds. The Bertz CT molecular complexity index is 1250. The maximum Gasteiger partial charge on any atom is 0.331 e. The Morgan fingerprint density at radius 1 is 1.16 bits per heavy atom. The van der Waals surface area contributed by atoms with E-state index < -0.39 is 36.2 Å². The molecule has 1 aliphatic rings. The summed E-state index contributed by atoms with van der Waals surface area (Å²) >= 11 is 0. The van der Waals surface area contributed by atoms with Crippen molar-refractivity contribution in [1.29, 1.82) is 5.41 Å². The average molecular weight is 615 g/mol. The first kappa shape index (κ1) is 35.9. The summed E-state index contributed by atoms with van der Waals surface area (Å²) in [6, 6.07) is 8.36. The predicted molar refractivity (Wildman–Crippen MR) is 165 cm³/mol. The van der Waals surface area contributed by atoms with Crippen LogP contribution in [0.25, 0.3) is 0 Å². The number of guanidine groups is 1. The maximum absolute atomic E-state index is 12.0. The molecule has 1 aromatic heterocycles. The van der Waals surface area contributed by atoms with Crippen LogP contribution in [0.3, 0.4) is 0 Å². The zero-order chi connectivity index (χ0) is 32.6. The van der Waals surface area contributed by atoms with E-state index in [0.717, 1.165) is 25.0 Å². The van der Waals surface area contributed by atoms with Gasteiger partial charge in [0, 0.05) is 31.7 Å². The van der Waals surface area contributed by atoms with Gasteiger partial charge in [0.1, 0.15) is 6.04 Å². The van der Waals surface area contributed by atoms with E-state index in [2.05, 4.69) is 33.1 Å². The third-order valence-corrected chi connectivity index (χ3v) is 7.18. The number of carboxylic acid groups (broad SMARTS) is 2. The second-order valence-corrected chi connectivity index (χ2v) is 10.6. The zero-order valence-electron chi connectivity index (χ0n) is 25.6. The molecule has 44 heavy (non-hydrogen) atoms. The highest BCUT2D eigenvalue weighted by molar-refractivity contribution is 5.87. The molecule has 1 heterocycles. The van der Waals surface area contributed by atoms with Gasteiger partial charge in [0.05, 0.1) is 30.0 Å². The van der Waals surface area contributed by atoms with E-state index in [-0.39, 0.29) is 30.0 Å². The Labute approximate surface area is 257 Å². The summed E-state index contributed by atoms with van der Waals surface area (Å²) in [6.07, 6.45) is 7.37. The molecular formula is C30H46N8O6. The van der Waals surface area contributed by atoms with Crippen LogP contribution in [-0.2, 0) is 32.0 Å². The molecule has 1 aromatic carbocycles. The van der Waals surface area contributed by atoms with Gasteiger partial charge in [-0.25, -0.2) is 9.48 Å². The summed E-state index contributed by atoms with van der Waals surface area (Å²) in [5.41, 5.74) is 12.5. The molecule has 3 unspecified atom stereocenters. The molecule has 0 saturated heterocycles. The largest absolute Gasteiger partial charge is 0.480 e. The van der Waals surface area contributed by atoms with Crippen molar-refractivity contribution < 1.29 is 29.3 Å². The van der Waals surface area contributed by atoms with Gasteiger partial charge in [-0.3, -0.25) is 15.0 Å². The molecule has 0 fully saturated rings. The van der Waals surface area contributed by atoms with Crippen LogP contribution in [0.2, 0.25) is 0 Å². The fourth-order valence-corrected chi connectivity index (χ4v) is 4.77. The summed E-state index contributed by atoms with van der Waals surface area (Å²) in [4.78, 5) is 34.0. The fourth-order valence-electron chi connectivity index (χ4n) is 4.77. The Balaban J connectivity index is 0.000000477. The second kappa shape index (κ2) is 18.4. The number of hydrogen-bond donors (Lipinski definition) is 7. The molecule has 3 rings (SSSR count). The van der Waals surface area contributed by atoms with Crippen molar-refractivity contribution in [3.05, 3.63) is 59.4 Å². The molecule has 0 spiro atoms. The molecule has 0 saturated carbocycles. The van der Waals surface area contributed by atoms with Crippen molar-refractivity contribution in [2.24, 2.45) is 11.5 Å². The number of nitrogens with one attached hydrogen (secondary N) is 3. The number of ether oxygens (including phenoxy) is 1. The molecule has 242 valence electrons. The lowest BCUT2D eigenvalue weighted by molar-refractivity contribution is -0.138. The number of carbonyl (C=O) groups excluding carboxylic acids is 1. The first-order chi connectivity index (χ1) is 20.9. The van der Waals surface area contributed by atoms with Crippen molar-refractivity contribution in [2.45, 2.75) is 96.1 Å². The monoisotopic (exact) mass is 614 g/mol. The van der Waals surface area contributed by atoms with Gasteiger partial charge in [0.2, 0.25) is 5.91 Å². The Morgan fingerprint density at radius 3 is 2.41 bits per heavy atom. The molecule has 14 nitrogen and oxygen atoms in total. The van der Waals surface area contributed by atoms with Gasteiger partial charge in [0.15, 0.2) is 5.96 Å². The number of aromatic nitrogens is 3. The van der Waals surface area contributed by atoms with Gasteiger partial charge in [-0.05, 0) is 50.2 Å². The molecule has 0 aliphatic heterocycles. The van der Waals surface area contributed by atoms with Crippen molar-refractivity contribution in [2.75, 3.05) is 6.54 Å². The molecule has 9 N–H and O–H groups in total. The minimum Gasteiger partial charge on any atom is -0.480 e. The number of rotatable bonds is 15. The van der Waals surface area contributed by atoms with E-state index in [4.69, 9.17) is 26.7 Å². The standard InChI is InChI=1S/C24H32N4O4.C6H14N4O2/c1-4-20(5-2)32-22-14-18(24(30)31)13-21(23(22)25-16(3)29)28-15-19(26-27-28)12-11-17-9-7-6-8-10-17;7-4(5(11)12)2-1-3-10-6(8)9/h6-10,13,15,20-23H,4-5,11-12,14H2,1-3H3,(H,25,29)(H,30,31);4H,1-3,7H2,(H,11,12)(H4,8,9,10)/t;4-/m.0/s1. The lowest BCUT2D eigenvalue weighted by Gasteiger charge is -2.38. The van der Waals surface area contributed by atoms with E-state index >= 15 is 0 Å². The zero-order valence-corrected chi connectivity index (χ0v) is 25.6. The van der Waals surface area contributed by atoms with E-state index in [1.807, 2.05) is 38.2 Å². The molecule has 0 bridgehead atoms. The summed E-state index contributed by atoms with van der Waals surface area (Å²) < 4.78 is 7.91. The number of nitrogens with two attached hydrogens (primary N) is 2. The van der Waals surface area contributed by atoms with Gasteiger partial charge in [-0.1, -0.05) is 49.4 Å². The number of hydrogen-bond acceptors (Lipinski definition) is 8. The Morgan fingerprint density at radius 2 is 1.84 bits per heavy atom. The van der Waals surface area contributed by atoms with Crippen molar-refractivity contribution in [1.82, 2.24) is 25.6 Å². The second-order valence-electron chi connectivity index (χ2n) is 10.6. The van der Waals surface area contributed by atoms with Gasteiger partial charge in [0.25, 0.3) is 0 Å². The maximum atomic E-state index is 12.0. The topological polar surface area (TPSA) is 232 Å². The minimum absolute atomic E-state index is 0.0118. The summed E-state index contributed by atoms with van der Waals surface area (Å²) in [5.74, 6) is -2.30. The number of nitrogens with zero attached hydrogens (tertiary/aromatic N) is 3. The van der Waals surface area contributed by atoms with Crippen molar-refractivity contribution >= 4 is 23.8 Å². The van der Waals surface area contributed by atoms with Crippen LogP contribution in [0.1, 0.15) is 70.2 Å². The number of carboxylic acids is 2. The molecule has 2 aromatic rings. The van der Waals surface area contributed by atoms with Crippen LogP contribution in [0.4, 0.5) is 0 Å². The van der Waals surface area contributed by atoms with Crippen LogP contribution in [0.5, 0.6) is 0 Å². The van der Waals surface area contributed by atoms with Gasteiger partial charge < -0.3 is 37.1 Å². The Kier molecular flexibility index (Phi) is 15.0.